The summed E-state index contributed by atoms with van der Waals surface area (Å²) in [4.78, 5) is 0. The minimum Gasteiger partial charge on any atom is -0.392 e. The van der Waals surface area contributed by atoms with Crippen molar-refractivity contribution in [3.63, 3.8) is 0 Å². The van der Waals surface area contributed by atoms with Crippen molar-refractivity contribution in [2.75, 3.05) is 13.1 Å². The first kappa shape index (κ1) is 11.1. The average Bonchev–Trinajstić information content (AvgIpc) is 2.71. The maximum Gasteiger partial charge on any atom is 0.252 e. The lowest BCUT2D eigenvalue weighted by molar-refractivity contribution is 0.108. The highest BCUT2D eigenvalue weighted by atomic mass is 32.2. The first-order valence-electron chi connectivity index (χ1n) is 4.82. The second-order valence-electron chi connectivity index (χ2n) is 3.59. The molecule has 6 heteroatoms. The van der Waals surface area contributed by atoms with Gasteiger partial charge in [-0.25, -0.2) is 8.42 Å². The van der Waals surface area contributed by atoms with Crippen LogP contribution in [0.15, 0.2) is 21.7 Å². The van der Waals surface area contributed by atoms with E-state index in [2.05, 4.69) is 0 Å². The van der Waals surface area contributed by atoms with Crippen LogP contribution in [0.4, 0.5) is 0 Å². The van der Waals surface area contributed by atoms with Crippen molar-refractivity contribution in [3.8, 4) is 0 Å². The zero-order valence-electron chi connectivity index (χ0n) is 8.17. The van der Waals surface area contributed by atoms with Crippen LogP contribution >= 0.6 is 11.3 Å². The largest absolute Gasteiger partial charge is 0.392 e. The number of aliphatic hydroxyl groups is 1. The van der Waals surface area contributed by atoms with E-state index < -0.39 is 16.1 Å². The van der Waals surface area contributed by atoms with Crippen LogP contribution in [-0.2, 0) is 10.0 Å². The number of sulfonamides is 1. The van der Waals surface area contributed by atoms with E-state index in [1.165, 1.54) is 15.6 Å². The summed E-state index contributed by atoms with van der Waals surface area (Å²) >= 11 is 1.21. The van der Waals surface area contributed by atoms with Crippen molar-refractivity contribution >= 4 is 21.4 Å². The predicted octanol–water partition coefficient (Wildman–Crippen LogP) is 0.894. The van der Waals surface area contributed by atoms with E-state index in [9.17, 15) is 13.5 Å². The van der Waals surface area contributed by atoms with Crippen molar-refractivity contribution in [2.24, 2.45) is 0 Å². The van der Waals surface area contributed by atoms with Crippen LogP contribution in [-0.4, -0.2) is 37.0 Å². The highest BCUT2D eigenvalue weighted by molar-refractivity contribution is 7.91. The molecule has 0 aromatic carbocycles. The van der Waals surface area contributed by atoms with Crippen LogP contribution in [0.25, 0.3) is 0 Å². The molecule has 1 aliphatic heterocycles. The van der Waals surface area contributed by atoms with Crippen molar-refractivity contribution in [1.29, 1.82) is 0 Å². The fraction of sp³-hybridized carbons (Fsp3) is 0.556. The molecule has 2 rings (SSSR count). The Morgan fingerprint density at radius 2 is 2.33 bits per heavy atom. The summed E-state index contributed by atoms with van der Waals surface area (Å²) < 4.78 is 25.8. The molecule has 0 aliphatic carbocycles. The van der Waals surface area contributed by atoms with Gasteiger partial charge in [-0.1, -0.05) is 6.07 Å². The number of β-amino-alcohol motifs (C(OH)–C–C–N with tert-alkyl or cyclic N) is 1. The molecule has 0 spiro atoms. The predicted molar refractivity (Wildman–Crippen MR) is 58.3 cm³/mol. The maximum absolute atomic E-state index is 12.0. The Bertz CT molecular complexity index is 413. The third kappa shape index (κ3) is 2.23. The number of hydrogen-bond acceptors (Lipinski definition) is 4. The molecule has 2 heterocycles. The van der Waals surface area contributed by atoms with Gasteiger partial charge < -0.3 is 5.11 Å². The Hall–Kier alpha value is -0.430. The zero-order chi connectivity index (χ0) is 10.9. The third-order valence-corrected chi connectivity index (χ3v) is 5.69. The van der Waals surface area contributed by atoms with E-state index in [0.29, 0.717) is 17.2 Å². The molecule has 0 radical (unpaired) electrons. The molecular formula is C9H13NO3S2. The van der Waals surface area contributed by atoms with Crippen LogP contribution < -0.4 is 0 Å². The van der Waals surface area contributed by atoms with Gasteiger partial charge in [0.05, 0.1) is 6.10 Å². The molecule has 1 saturated heterocycles. The van der Waals surface area contributed by atoms with Gasteiger partial charge in [0.2, 0.25) is 0 Å². The molecule has 0 saturated carbocycles. The van der Waals surface area contributed by atoms with E-state index >= 15 is 0 Å². The zero-order valence-corrected chi connectivity index (χ0v) is 9.80. The molecule has 0 unspecified atom stereocenters. The summed E-state index contributed by atoms with van der Waals surface area (Å²) in [6.07, 6.45) is 0.899. The Morgan fingerprint density at radius 1 is 1.53 bits per heavy atom. The van der Waals surface area contributed by atoms with Crippen molar-refractivity contribution in [3.05, 3.63) is 17.5 Å². The van der Waals surface area contributed by atoms with Crippen LogP contribution in [0.2, 0.25) is 0 Å². The molecule has 4 nitrogen and oxygen atoms in total. The first-order valence-corrected chi connectivity index (χ1v) is 7.14. The number of nitrogens with zero attached hydrogens (tertiary/aromatic N) is 1. The van der Waals surface area contributed by atoms with E-state index in [1.54, 1.807) is 17.5 Å². The van der Waals surface area contributed by atoms with Gasteiger partial charge in [0.15, 0.2) is 0 Å². The highest BCUT2D eigenvalue weighted by Crippen LogP contribution is 2.23. The van der Waals surface area contributed by atoms with Crippen molar-refractivity contribution < 1.29 is 13.5 Å². The summed E-state index contributed by atoms with van der Waals surface area (Å²) in [5, 5.41) is 11.2. The van der Waals surface area contributed by atoms with Crippen molar-refractivity contribution in [1.82, 2.24) is 4.31 Å². The normalized spacial score (nSPS) is 24.2. The van der Waals surface area contributed by atoms with Crippen molar-refractivity contribution in [2.45, 2.75) is 23.2 Å². The highest BCUT2D eigenvalue weighted by Gasteiger charge is 2.29. The minimum atomic E-state index is -3.36. The third-order valence-electron chi connectivity index (χ3n) is 2.45. The van der Waals surface area contributed by atoms with Crippen LogP contribution in [0, 0.1) is 0 Å². The van der Waals surface area contributed by atoms with E-state index in [0.717, 1.165) is 6.42 Å². The molecule has 1 fully saturated rings. The van der Waals surface area contributed by atoms with Gasteiger partial charge in [-0.15, -0.1) is 11.3 Å². The van der Waals surface area contributed by atoms with Crippen LogP contribution in [0.3, 0.4) is 0 Å². The monoisotopic (exact) mass is 247 g/mol. The molecule has 1 atom stereocenters. The topological polar surface area (TPSA) is 57.6 Å². The standard InChI is InChI=1S/C9H13NO3S2/c11-8-3-1-5-10(7-8)15(12,13)9-4-2-6-14-9/h2,4,6,8,11H,1,3,5,7H2/t8-/m0/s1. The van der Waals surface area contributed by atoms with Gasteiger partial charge in [0.1, 0.15) is 4.21 Å². The Morgan fingerprint density at radius 3 is 2.93 bits per heavy atom. The number of piperidine rings is 1. The number of aliphatic hydroxyl groups excluding tert-OH is 1. The lowest BCUT2D eigenvalue weighted by Gasteiger charge is -2.28. The lowest BCUT2D eigenvalue weighted by atomic mass is 10.1. The molecule has 1 aromatic heterocycles. The summed E-state index contributed by atoms with van der Waals surface area (Å²) in [5.74, 6) is 0. The molecule has 15 heavy (non-hydrogen) atoms. The fourth-order valence-electron chi connectivity index (χ4n) is 1.68. The molecule has 0 amide bonds. The maximum atomic E-state index is 12.0. The molecule has 1 aliphatic rings. The van der Waals surface area contributed by atoms with Crippen LogP contribution in [0.1, 0.15) is 12.8 Å². The summed E-state index contributed by atoms with van der Waals surface area (Å²) in [5.41, 5.74) is 0. The molecule has 84 valence electrons. The Labute approximate surface area is 93.2 Å². The number of rotatable bonds is 2. The number of hydrogen-bond donors (Lipinski definition) is 1. The average molecular weight is 247 g/mol. The minimum absolute atomic E-state index is 0.222. The van der Waals surface area contributed by atoms with Gasteiger partial charge >= 0.3 is 0 Å². The summed E-state index contributed by atoms with van der Waals surface area (Å²) in [6, 6.07) is 3.32. The van der Waals surface area contributed by atoms with Gasteiger partial charge in [-0.3, -0.25) is 0 Å². The smallest absolute Gasteiger partial charge is 0.252 e. The van der Waals surface area contributed by atoms with Gasteiger partial charge in [-0.2, -0.15) is 4.31 Å². The molecule has 0 bridgehead atoms. The quantitative estimate of drug-likeness (QED) is 0.844. The van der Waals surface area contributed by atoms with Gasteiger partial charge in [0, 0.05) is 13.1 Å². The Kier molecular flexibility index (Phi) is 3.11. The second kappa shape index (κ2) is 4.21. The molecule has 1 aromatic rings. The van der Waals surface area contributed by atoms with Crippen LogP contribution in [0.5, 0.6) is 0 Å². The summed E-state index contributed by atoms with van der Waals surface area (Å²) in [7, 11) is -3.36. The first-order chi connectivity index (χ1) is 7.10. The van der Waals surface area contributed by atoms with E-state index in [-0.39, 0.29) is 6.54 Å². The Balaban J connectivity index is 2.22. The van der Waals surface area contributed by atoms with E-state index in [4.69, 9.17) is 0 Å². The molecule has 1 N–H and O–H groups in total. The SMILES string of the molecule is O=S(=O)(c1cccs1)N1CCC[C@H](O)C1. The molecular weight excluding hydrogens is 234 g/mol. The fourth-order valence-corrected chi connectivity index (χ4v) is 4.34. The summed E-state index contributed by atoms with van der Waals surface area (Å²) in [6.45, 7) is 0.734. The van der Waals surface area contributed by atoms with Gasteiger partial charge in [-0.05, 0) is 24.3 Å². The number of thiophene rings is 1. The lowest BCUT2D eigenvalue weighted by Crippen LogP contribution is -2.41. The van der Waals surface area contributed by atoms with Gasteiger partial charge in [0.25, 0.3) is 10.0 Å². The van der Waals surface area contributed by atoms with E-state index in [1.807, 2.05) is 0 Å². The second-order valence-corrected chi connectivity index (χ2v) is 6.70.